The van der Waals surface area contributed by atoms with Gasteiger partial charge in [-0.05, 0) is 6.42 Å². The third-order valence-electron chi connectivity index (χ3n) is 2.87. The molecule has 1 saturated heterocycles. The average Bonchev–Trinajstić information content (AvgIpc) is 2.35. The van der Waals surface area contributed by atoms with Crippen LogP contribution in [0.5, 0.6) is 0 Å². The highest BCUT2D eigenvalue weighted by Gasteiger charge is 2.26. The van der Waals surface area contributed by atoms with E-state index in [0.717, 1.165) is 12.8 Å². The maximum atomic E-state index is 11.7. The second-order valence-electron chi connectivity index (χ2n) is 4.11. The number of nitrogens with zero attached hydrogens (tertiary/aromatic N) is 2. The molecule has 2 amide bonds. The van der Waals surface area contributed by atoms with Crippen LogP contribution >= 0.6 is 23.2 Å². The Morgan fingerprint density at radius 1 is 1.12 bits per heavy atom. The first-order chi connectivity index (χ1) is 8.06. The molecule has 0 spiro atoms. The van der Waals surface area contributed by atoms with Gasteiger partial charge in [0.15, 0.2) is 4.84 Å². The van der Waals surface area contributed by atoms with Crippen molar-refractivity contribution in [1.29, 1.82) is 0 Å². The third-order valence-corrected chi connectivity index (χ3v) is 3.25. The molecule has 1 heterocycles. The Hall–Kier alpha value is -0.480. The third kappa shape index (κ3) is 4.36. The van der Waals surface area contributed by atoms with Gasteiger partial charge in [0, 0.05) is 32.6 Å². The van der Waals surface area contributed by atoms with Crippen LogP contribution in [0, 0.1) is 0 Å². The van der Waals surface area contributed by atoms with E-state index >= 15 is 0 Å². The minimum Gasteiger partial charge on any atom is -0.339 e. The summed E-state index contributed by atoms with van der Waals surface area (Å²) in [5.41, 5.74) is 0. The summed E-state index contributed by atoms with van der Waals surface area (Å²) in [5, 5.41) is 0. The SMILES string of the molecule is CCCCC(=O)N1CCN(C(=O)C(Cl)Cl)CC1. The van der Waals surface area contributed by atoms with E-state index in [4.69, 9.17) is 23.2 Å². The molecule has 0 N–H and O–H groups in total. The van der Waals surface area contributed by atoms with E-state index in [1.54, 1.807) is 9.80 Å². The molecular weight excluding hydrogens is 263 g/mol. The summed E-state index contributed by atoms with van der Waals surface area (Å²) in [5.74, 6) is -0.0961. The van der Waals surface area contributed by atoms with Crippen LogP contribution in [0.4, 0.5) is 0 Å². The molecule has 0 aliphatic carbocycles. The Labute approximate surface area is 112 Å². The fraction of sp³-hybridized carbons (Fsp3) is 0.818. The number of unbranched alkanes of at least 4 members (excludes halogenated alkanes) is 1. The number of alkyl halides is 2. The lowest BCUT2D eigenvalue weighted by molar-refractivity contribution is -0.138. The second kappa shape index (κ2) is 7.07. The molecule has 0 aromatic carbocycles. The summed E-state index contributed by atoms with van der Waals surface area (Å²) in [4.78, 5) is 25.6. The molecule has 4 nitrogen and oxygen atoms in total. The summed E-state index contributed by atoms with van der Waals surface area (Å²) < 4.78 is 0. The van der Waals surface area contributed by atoms with Crippen molar-refractivity contribution in [3.8, 4) is 0 Å². The van der Waals surface area contributed by atoms with Crippen molar-refractivity contribution in [3.63, 3.8) is 0 Å². The molecule has 1 rings (SSSR count). The van der Waals surface area contributed by atoms with E-state index in [1.165, 1.54) is 0 Å². The zero-order valence-electron chi connectivity index (χ0n) is 9.99. The number of hydrogen-bond donors (Lipinski definition) is 0. The molecule has 0 aromatic rings. The van der Waals surface area contributed by atoms with Crippen molar-refractivity contribution in [2.75, 3.05) is 26.2 Å². The molecule has 0 aromatic heterocycles. The Bertz CT molecular complexity index is 277. The maximum Gasteiger partial charge on any atom is 0.255 e. The summed E-state index contributed by atoms with van der Waals surface area (Å²) in [6.07, 6.45) is 2.53. The van der Waals surface area contributed by atoms with Gasteiger partial charge < -0.3 is 9.80 Å². The van der Waals surface area contributed by atoms with Crippen LogP contribution in [-0.4, -0.2) is 52.6 Å². The molecule has 98 valence electrons. The highest BCUT2D eigenvalue weighted by Crippen LogP contribution is 2.11. The Balaban J connectivity index is 2.35. The van der Waals surface area contributed by atoms with Crippen molar-refractivity contribution in [1.82, 2.24) is 9.80 Å². The molecule has 0 radical (unpaired) electrons. The number of carbonyl (C=O) groups is 2. The summed E-state index contributed by atoms with van der Waals surface area (Å²) in [6, 6.07) is 0. The Morgan fingerprint density at radius 3 is 2.12 bits per heavy atom. The van der Waals surface area contributed by atoms with Gasteiger partial charge in [0.05, 0.1) is 0 Å². The van der Waals surface area contributed by atoms with Gasteiger partial charge in [0.25, 0.3) is 5.91 Å². The number of carbonyl (C=O) groups excluding carboxylic acids is 2. The van der Waals surface area contributed by atoms with Crippen molar-refractivity contribution >= 4 is 35.0 Å². The standard InChI is InChI=1S/C11H18Cl2N2O2/c1-2-3-4-9(16)14-5-7-15(8-6-14)11(17)10(12)13/h10H,2-8H2,1H3. The van der Waals surface area contributed by atoms with Crippen molar-refractivity contribution in [3.05, 3.63) is 0 Å². The lowest BCUT2D eigenvalue weighted by atomic mass is 10.2. The molecule has 1 aliphatic rings. The number of amides is 2. The van der Waals surface area contributed by atoms with Gasteiger partial charge in [0.2, 0.25) is 5.91 Å². The Morgan fingerprint density at radius 2 is 1.65 bits per heavy atom. The first-order valence-corrected chi connectivity index (χ1v) is 6.78. The fourth-order valence-corrected chi connectivity index (χ4v) is 2.08. The molecule has 0 unspecified atom stereocenters. The van der Waals surface area contributed by atoms with Crippen molar-refractivity contribution < 1.29 is 9.59 Å². The molecule has 1 aliphatic heterocycles. The first-order valence-electron chi connectivity index (χ1n) is 5.91. The van der Waals surface area contributed by atoms with Crippen LogP contribution in [-0.2, 0) is 9.59 Å². The van der Waals surface area contributed by atoms with Gasteiger partial charge in [-0.15, -0.1) is 0 Å². The van der Waals surface area contributed by atoms with E-state index in [2.05, 4.69) is 6.92 Å². The lowest BCUT2D eigenvalue weighted by Crippen LogP contribution is -2.51. The molecule has 0 atom stereocenters. The highest BCUT2D eigenvalue weighted by molar-refractivity contribution is 6.53. The predicted molar refractivity (Wildman–Crippen MR) is 68.2 cm³/mol. The van der Waals surface area contributed by atoms with Crippen molar-refractivity contribution in [2.24, 2.45) is 0 Å². The van der Waals surface area contributed by atoms with E-state index in [9.17, 15) is 9.59 Å². The monoisotopic (exact) mass is 280 g/mol. The first kappa shape index (κ1) is 14.6. The van der Waals surface area contributed by atoms with Crippen LogP contribution in [0.25, 0.3) is 0 Å². The molecule has 0 saturated carbocycles. The van der Waals surface area contributed by atoms with Crippen LogP contribution < -0.4 is 0 Å². The van der Waals surface area contributed by atoms with Crippen LogP contribution in [0.2, 0.25) is 0 Å². The summed E-state index contributed by atoms with van der Waals surface area (Å²) in [7, 11) is 0. The normalized spacial score (nSPS) is 16.5. The van der Waals surface area contributed by atoms with E-state index in [0.29, 0.717) is 32.6 Å². The summed E-state index contributed by atoms with van der Waals surface area (Å²) in [6.45, 7) is 4.26. The van der Waals surface area contributed by atoms with Gasteiger partial charge in [-0.2, -0.15) is 0 Å². The van der Waals surface area contributed by atoms with E-state index < -0.39 is 4.84 Å². The largest absolute Gasteiger partial charge is 0.339 e. The smallest absolute Gasteiger partial charge is 0.255 e. The maximum absolute atomic E-state index is 11.7. The molecule has 6 heteroatoms. The average molecular weight is 281 g/mol. The lowest BCUT2D eigenvalue weighted by Gasteiger charge is -2.35. The van der Waals surface area contributed by atoms with Crippen molar-refractivity contribution in [2.45, 2.75) is 31.0 Å². The highest BCUT2D eigenvalue weighted by atomic mass is 35.5. The second-order valence-corrected chi connectivity index (χ2v) is 5.21. The van der Waals surface area contributed by atoms with Crippen LogP contribution in [0.15, 0.2) is 0 Å². The van der Waals surface area contributed by atoms with Crippen LogP contribution in [0.1, 0.15) is 26.2 Å². The van der Waals surface area contributed by atoms with Gasteiger partial charge in [-0.25, -0.2) is 0 Å². The topological polar surface area (TPSA) is 40.6 Å². The fourth-order valence-electron chi connectivity index (χ4n) is 1.80. The van der Waals surface area contributed by atoms with E-state index in [-0.39, 0.29) is 11.8 Å². The molecular formula is C11H18Cl2N2O2. The van der Waals surface area contributed by atoms with Crippen LogP contribution in [0.3, 0.4) is 0 Å². The number of hydrogen-bond acceptors (Lipinski definition) is 2. The minimum atomic E-state index is -1.00. The summed E-state index contributed by atoms with van der Waals surface area (Å²) >= 11 is 11.0. The molecule has 17 heavy (non-hydrogen) atoms. The van der Waals surface area contributed by atoms with Gasteiger partial charge in [0.1, 0.15) is 0 Å². The van der Waals surface area contributed by atoms with Gasteiger partial charge in [-0.1, -0.05) is 36.5 Å². The number of piperazine rings is 1. The molecule has 0 bridgehead atoms. The number of rotatable bonds is 4. The molecule has 1 fully saturated rings. The quantitative estimate of drug-likeness (QED) is 0.735. The Kier molecular flexibility index (Phi) is 6.06. The van der Waals surface area contributed by atoms with Gasteiger partial charge in [-0.3, -0.25) is 9.59 Å². The zero-order chi connectivity index (χ0) is 12.8. The minimum absolute atomic E-state index is 0.173. The van der Waals surface area contributed by atoms with Gasteiger partial charge >= 0.3 is 0 Å². The van der Waals surface area contributed by atoms with E-state index in [1.807, 2.05) is 0 Å². The number of halogens is 2. The predicted octanol–water partition coefficient (Wildman–Crippen LogP) is 1.65. The zero-order valence-corrected chi connectivity index (χ0v) is 11.5.